The number of ketones is 1. The molecule has 1 aromatic carbocycles. The van der Waals surface area contributed by atoms with Crippen molar-refractivity contribution in [1.82, 2.24) is 4.90 Å². The smallest absolute Gasteiger partial charge is 0.409 e. The zero-order valence-corrected chi connectivity index (χ0v) is 14.9. The minimum atomic E-state index is -0.515. The van der Waals surface area contributed by atoms with Crippen LogP contribution in [0.3, 0.4) is 0 Å². The molecular formula is C19H25NO5. The summed E-state index contributed by atoms with van der Waals surface area (Å²) in [5.74, 6) is 1.33. The van der Waals surface area contributed by atoms with E-state index in [0.29, 0.717) is 56.0 Å². The summed E-state index contributed by atoms with van der Waals surface area (Å²) in [5.41, 5.74) is 0.0603. The SMILES string of the molecule is CCCCOC(=O)N1CCC2(CC1)CC(=O)c1cc(OC)ccc1O2. The second-order valence-corrected chi connectivity index (χ2v) is 6.70. The first-order valence-electron chi connectivity index (χ1n) is 8.89. The molecule has 6 nitrogen and oxygen atoms in total. The highest BCUT2D eigenvalue weighted by Crippen LogP contribution is 2.40. The molecule has 0 unspecified atom stereocenters. The van der Waals surface area contributed by atoms with E-state index in [1.165, 1.54) is 0 Å². The van der Waals surface area contributed by atoms with Crippen LogP contribution in [-0.4, -0.2) is 49.2 Å². The third-order valence-electron chi connectivity index (χ3n) is 4.95. The molecular weight excluding hydrogens is 322 g/mol. The van der Waals surface area contributed by atoms with Crippen LogP contribution >= 0.6 is 0 Å². The zero-order chi connectivity index (χ0) is 17.9. The molecule has 0 bridgehead atoms. The number of ether oxygens (including phenoxy) is 3. The zero-order valence-electron chi connectivity index (χ0n) is 14.9. The summed E-state index contributed by atoms with van der Waals surface area (Å²) >= 11 is 0. The van der Waals surface area contributed by atoms with Crippen molar-refractivity contribution >= 4 is 11.9 Å². The minimum Gasteiger partial charge on any atom is -0.497 e. The summed E-state index contributed by atoms with van der Waals surface area (Å²) in [7, 11) is 1.58. The van der Waals surface area contributed by atoms with Gasteiger partial charge in [-0.3, -0.25) is 4.79 Å². The molecule has 25 heavy (non-hydrogen) atoms. The average Bonchev–Trinajstić information content (AvgIpc) is 2.62. The highest BCUT2D eigenvalue weighted by molar-refractivity contribution is 6.00. The number of benzene rings is 1. The molecule has 1 aromatic rings. The monoisotopic (exact) mass is 347 g/mol. The first-order valence-corrected chi connectivity index (χ1v) is 8.89. The van der Waals surface area contributed by atoms with Crippen molar-refractivity contribution in [1.29, 1.82) is 0 Å². The molecule has 2 aliphatic heterocycles. The Morgan fingerprint density at radius 2 is 2.08 bits per heavy atom. The van der Waals surface area contributed by atoms with Crippen LogP contribution in [0.5, 0.6) is 11.5 Å². The molecule has 1 fully saturated rings. The van der Waals surface area contributed by atoms with Crippen LogP contribution in [0.25, 0.3) is 0 Å². The number of carbonyl (C=O) groups is 2. The topological polar surface area (TPSA) is 65.1 Å². The van der Waals surface area contributed by atoms with E-state index in [1.54, 1.807) is 30.2 Å². The molecule has 0 radical (unpaired) electrons. The van der Waals surface area contributed by atoms with Gasteiger partial charge in [0, 0.05) is 25.9 Å². The Morgan fingerprint density at radius 3 is 2.76 bits per heavy atom. The summed E-state index contributed by atoms with van der Waals surface area (Å²) < 4.78 is 16.6. The van der Waals surface area contributed by atoms with Crippen LogP contribution in [0.15, 0.2) is 18.2 Å². The van der Waals surface area contributed by atoms with Gasteiger partial charge in [0.05, 0.1) is 25.7 Å². The highest BCUT2D eigenvalue weighted by Gasteiger charge is 2.44. The van der Waals surface area contributed by atoms with Crippen molar-refractivity contribution in [3.05, 3.63) is 23.8 Å². The number of carbonyl (C=O) groups excluding carboxylic acids is 2. The molecule has 2 heterocycles. The highest BCUT2D eigenvalue weighted by atomic mass is 16.6. The molecule has 0 saturated carbocycles. The number of methoxy groups -OCH3 is 1. The van der Waals surface area contributed by atoms with Crippen molar-refractivity contribution < 1.29 is 23.8 Å². The predicted octanol–water partition coefficient (Wildman–Crippen LogP) is 3.43. The van der Waals surface area contributed by atoms with E-state index in [2.05, 4.69) is 6.92 Å². The number of nitrogens with zero attached hydrogens (tertiary/aromatic N) is 1. The number of fused-ring (bicyclic) bond motifs is 1. The lowest BCUT2D eigenvalue weighted by Crippen LogP contribution is -2.52. The molecule has 0 N–H and O–H groups in total. The van der Waals surface area contributed by atoms with Crippen molar-refractivity contribution in [2.24, 2.45) is 0 Å². The summed E-state index contributed by atoms with van der Waals surface area (Å²) in [6.45, 7) is 3.61. The largest absolute Gasteiger partial charge is 0.497 e. The number of piperidine rings is 1. The minimum absolute atomic E-state index is 0.0686. The average molecular weight is 347 g/mol. The first-order chi connectivity index (χ1) is 12.1. The van der Waals surface area contributed by atoms with Gasteiger partial charge in [-0.1, -0.05) is 13.3 Å². The van der Waals surface area contributed by atoms with Gasteiger partial charge in [0.2, 0.25) is 0 Å². The third kappa shape index (κ3) is 3.72. The lowest BCUT2D eigenvalue weighted by atomic mass is 9.82. The van der Waals surface area contributed by atoms with Gasteiger partial charge < -0.3 is 19.1 Å². The van der Waals surface area contributed by atoms with E-state index in [9.17, 15) is 9.59 Å². The molecule has 1 amide bonds. The van der Waals surface area contributed by atoms with Gasteiger partial charge in [0.1, 0.15) is 17.1 Å². The van der Waals surface area contributed by atoms with E-state index < -0.39 is 5.60 Å². The Labute approximate surface area is 148 Å². The van der Waals surface area contributed by atoms with Crippen molar-refractivity contribution in [3.8, 4) is 11.5 Å². The van der Waals surface area contributed by atoms with Gasteiger partial charge in [0.15, 0.2) is 5.78 Å². The first kappa shape index (κ1) is 17.6. The summed E-state index contributed by atoms with van der Waals surface area (Å²) in [5, 5.41) is 0. The molecule has 1 spiro atoms. The summed E-state index contributed by atoms with van der Waals surface area (Å²) in [4.78, 5) is 26.3. The van der Waals surface area contributed by atoms with Crippen molar-refractivity contribution in [2.45, 2.75) is 44.6 Å². The van der Waals surface area contributed by atoms with Gasteiger partial charge in [0.25, 0.3) is 0 Å². The van der Waals surface area contributed by atoms with Crippen LogP contribution in [0, 0.1) is 0 Å². The van der Waals surface area contributed by atoms with Crippen LogP contribution < -0.4 is 9.47 Å². The van der Waals surface area contributed by atoms with Gasteiger partial charge in [-0.15, -0.1) is 0 Å². The van der Waals surface area contributed by atoms with E-state index in [4.69, 9.17) is 14.2 Å². The molecule has 3 rings (SSSR count). The number of hydrogen-bond acceptors (Lipinski definition) is 5. The Bertz CT molecular complexity index is 649. The Morgan fingerprint density at radius 1 is 1.32 bits per heavy atom. The maximum absolute atomic E-state index is 12.6. The fourth-order valence-electron chi connectivity index (χ4n) is 3.37. The number of amides is 1. The van der Waals surface area contributed by atoms with Crippen LogP contribution in [-0.2, 0) is 4.74 Å². The molecule has 1 saturated heterocycles. The maximum Gasteiger partial charge on any atom is 0.409 e. The third-order valence-corrected chi connectivity index (χ3v) is 4.95. The number of Topliss-reactive ketones (excluding diaryl/α,β-unsaturated/α-hetero) is 1. The number of likely N-dealkylation sites (tertiary alicyclic amines) is 1. The van der Waals surface area contributed by atoms with Gasteiger partial charge >= 0.3 is 6.09 Å². The van der Waals surface area contributed by atoms with Gasteiger partial charge in [-0.25, -0.2) is 4.79 Å². The standard InChI is InChI=1S/C19H25NO5/c1-3-4-11-24-18(22)20-9-7-19(8-10-20)13-16(21)15-12-14(23-2)5-6-17(15)25-19/h5-6,12H,3-4,7-11,13H2,1-2H3. The molecule has 136 valence electrons. The van der Waals surface area contributed by atoms with Crippen LogP contribution in [0.4, 0.5) is 4.79 Å². The fourth-order valence-corrected chi connectivity index (χ4v) is 3.37. The molecule has 0 atom stereocenters. The number of unbranched alkanes of at least 4 members (excludes halogenated alkanes) is 1. The Kier molecular flexibility index (Phi) is 5.16. The molecule has 6 heteroatoms. The predicted molar refractivity (Wildman–Crippen MR) is 92.4 cm³/mol. The Hall–Kier alpha value is -2.24. The van der Waals surface area contributed by atoms with Gasteiger partial charge in [-0.05, 0) is 24.6 Å². The second kappa shape index (κ2) is 7.33. The lowest BCUT2D eigenvalue weighted by Gasteiger charge is -2.43. The van der Waals surface area contributed by atoms with E-state index in [1.807, 2.05) is 0 Å². The van der Waals surface area contributed by atoms with Crippen molar-refractivity contribution in [2.75, 3.05) is 26.8 Å². The number of rotatable bonds is 4. The van der Waals surface area contributed by atoms with Crippen LogP contribution in [0.2, 0.25) is 0 Å². The van der Waals surface area contributed by atoms with Crippen LogP contribution in [0.1, 0.15) is 49.4 Å². The molecule has 2 aliphatic rings. The summed E-state index contributed by atoms with van der Waals surface area (Å²) in [6.07, 6.45) is 3.21. The normalized spacial score (nSPS) is 18.5. The van der Waals surface area contributed by atoms with E-state index in [0.717, 1.165) is 12.8 Å². The van der Waals surface area contributed by atoms with E-state index in [-0.39, 0.29) is 11.9 Å². The quantitative estimate of drug-likeness (QED) is 0.781. The van der Waals surface area contributed by atoms with Crippen molar-refractivity contribution in [3.63, 3.8) is 0 Å². The maximum atomic E-state index is 12.6. The van der Waals surface area contributed by atoms with E-state index >= 15 is 0 Å². The molecule has 0 aromatic heterocycles. The van der Waals surface area contributed by atoms with Gasteiger partial charge in [-0.2, -0.15) is 0 Å². The second-order valence-electron chi connectivity index (χ2n) is 6.70. The Balaban J connectivity index is 1.63. The molecule has 0 aliphatic carbocycles. The number of hydrogen-bond donors (Lipinski definition) is 0. The fraction of sp³-hybridized carbons (Fsp3) is 0.579. The summed E-state index contributed by atoms with van der Waals surface area (Å²) in [6, 6.07) is 5.31. The lowest BCUT2D eigenvalue weighted by molar-refractivity contribution is -0.00919.